The number of carbonyl (C=O) groups is 2. The maximum absolute atomic E-state index is 13.0. The number of nitrogens with one attached hydrogen (secondary N) is 2. The van der Waals surface area contributed by atoms with Gasteiger partial charge in [0.2, 0.25) is 0 Å². The Hall–Kier alpha value is -2.88. The number of likely N-dealkylation sites (N-methyl/N-ethyl adjacent to an activating group) is 1. The minimum absolute atomic E-state index is 0.0695. The molecule has 0 aliphatic carbocycles. The van der Waals surface area contributed by atoms with Gasteiger partial charge < -0.3 is 25.0 Å². The van der Waals surface area contributed by atoms with E-state index >= 15 is 0 Å². The van der Waals surface area contributed by atoms with E-state index in [0.717, 1.165) is 45.7 Å². The van der Waals surface area contributed by atoms with Gasteiger partial charge in [-0.2, -0.15) is 0 Å². The lowest BCUT2D eigenvalue weighted by molar-refractivity contribution is 0.0729. The first-order valence-corrected chi connectivity index (χ1v) is 12.1. The van der Waals surface area contributed by atoms with E-state index in [1.807, 2.05) is 12.1 Å². The summed E-state index contributed by atoms with van der Waals surface area (Å²) in [6, 6.07) is 12.3. The number of rotatable bonds is 4. The van der Waals surface area contributed by atoms with Crippen molar-refractivity contribution in [2.45, 2.75) is 19.1 Å². The summed E-state index contributed by atoms with van der Waals surface area (Å²) in [4.78, 5) is 29.0. The topological polar surface area (TPSA) is 79.9 Å². The number of ether oxygens (including phenoxy) is 2. The second kappa shape index (κ2) is 8.81. The molecule has 0 spiro atoms. The average molecular weight is 528 g/mol. The smallest absolute Gasteiger partial charge is 0.343 e. The second-order valence-corrected chi connectivity index (χ2v) is 10.1. The highest BCUT2D eigenvalue weighted by Crippen LogP contribution is 2.41. The molecule has 0 saturated heterocycles. The fourth-order valence-corrected chi connectivity index (χ4v) is 5.89. The van der Waals surface area contributed by atoms with Crippen molar-refractivity contribution in [3.63, 3.8) is 0 Å². The van der Waals surface area contributed by atoms with Gasteiger partial charge >= 0.3 is 5.97 Å². The van der Waals surface area contributed by atoms with Crippen LogP contribution in [0.2, 0.25) is 0 Å². The Morgan fingerprint density at radius 3 is 2.82 bits per heavy atom. The lowest BCUT2D eigenvalue weighted by Crippen LogP contribution is -2.38. The number of carbonyl (C=O) groups excluding carboxylic acids is 2. The summed E-state index contributed by atoms with van der Waals surface area (Å²) in [5.41, 5.74) is 3.16. The highest BCUT2D eigenvalue weighted by atomic mass is 79.9. The van der Waals surface area contributed by atoms with Gasteiger partial charge in [0, 0.05) is 22.4 Å². The zero-order chi connectivity index (χ0) is 23.1. The number of nitrogens with zero attached hydrogens (tertiary/aromatic N) is 1. The molecule has 0 bridgehead atoms. The second-order valence-electron chi connectivity index (χ2n) is 8.06. The van der Waals surface area contributed by atoms with Crippen molar-refractivity contribution in [2.24, 2.45) is 0 Å². The Kier molecular flexibility index (Phi) is 5.86. The van der Waals surface area contributed by atoms with E-state index in [4.69, 9.17) is 9.47 Å². The standard InChI is InChI=1S/C24H22BrN3O4S/c1-28-9-8-16-19(12-28)33-23-20(16)22(29)26-21(27-23)13-6-7-17(18(11-13)31-2)32-24(30)14-4-3-5-15(25)10-14/h3-7,10-11,21,27H,8-9,12H2,1-2H3,(H,26,29). The number of benzene rings is 2. The number of methoxy groups -OCH3 is 1. The van der Waals surface area contributed by atoms with Crippen molar-refractivity contribution >= 4 is 44.1 Å². The summed E-state index contributed by atoms with van der Waals surface area (Å²) < 4.78 is 11.8. The molecule has 2 aliphatic heterocycles. The van der Waals surface area contributed by atoms with Crippen LogP contribution in [0.4, 0.5) is 5.00 Å². The van der Waals surface area contributed by atoms with Crippen molar-refractivity contribution < 1.29 is 19.1 Å². The monoisotopic (exact) mass is 527 g/mol. The molecule has 2 aromatic carbocycles. The van der Waals surface area contributed by atoms with Crippen molar-refractivity contribution in [1.82, 2.24) is 10.2 Å². The van der Waals surface area contributed by atoms with Gasteiger partial charge in [-0.25, -0.2) is 4.79 Å². The highest BCUT2D eigenvalue weighted by Gasteiger charge is 2.33. The Balaban J connectivity index is 1.38. The molecule has 0 fully saturated rings. The Morgan fingerprint density at radius 1 is 1.18 bits per heavy atom. The SMILES string of the molecule is COc1cc(C2NC(=O)c3c(sc4c3CCN(C)C4)N2)ccc1OC(=O)c1cccc(Br)c1. The van der Waals surface area contributed by atoms with Crippen LogP contribution in [0, 0.1) is 0 Å². The molecule has 3 aromatic rings. The molecular formula is C24H22BrN3O4S. The summed E-state index contributed by atoms with van der Waals surface area (Å²) in [6.07, 6.45) is 0.468. The molecule has 5 rings (SSSR count). The fraction of sp³-hybridized carbons (Fsp3) is 0.250. The van der Waals surface area contributed by atoms with Crippen molar-refractivity contribution in [1.29, 1.82) is 0 Å². The predicted octanol–water partition coefficient (Wildman–Crippen LogP) is 4.58. The Morgan fingerprint density at radius 2 is 2.03 bits per heavy atom. The van der Waals surface area contributed by atoms with Gasteiger partial charge in [-0.15, -0.1) is 11.3 Å². The van der Waals surface area contributed by atoms with Crippen LogP contribution in [0.1, 0.15) is 42.9 Å². The van der Waals surface area contributed by atoms with Gasteiger partial charge in [0.15, 0.2) is 11.5 Å². The Bertz CT molecular complexity index is 1260. The first-order valence-electron chi connectivity index (χ1n) is 10.5. The van der Waals surface area contributed by atoms with Crippen LogP contribution < -0.4 is 20.1 Å². The molecule has 1 unspecified atom stereocenters. The molecule has 7 nitrogen and oxygen atoms in total. The number of hydrogen-bond acceptors (Lipinski definition) is 7. The van der Waals surface area contributed by atoms with Crippen LogP contribution in [0.15, 0.2) is 46.9 Å². The molecular weight excluding hydrogens is 506 g/mol. The average Bonchev–Trinajstić information content (AvgIpc) is 3.17. The molecule has 1 aromatic heterocycles. The van der Waals surface area contributed by atoms with Crippen molar-refractivity contribution in [2.75, 3.05) is 26.0 Å². The lowest BCUT2D eigenvalue weighted by Gasteiger charge is -2.27. The first kappa shape index (κ1) is 21.9. The molecule has 0 radical (unpaired) electrons. The number of esters is 1. The maximum Gasteiger partial charge on any atom is 0.343 e. The van der Waals surface area contributed by atoms with Crippen LogP contribution in [0.25, 0.3) is 0 Å². The van der Waals surface area contributed by atoms with Gasteiger partial charge in [-0.1, -0.05) is 28.1 Å². The van der Waals surface area contributed by atoms with Gasteiger partial charge in [0.05, 0.1) is 18.2 Å². The first-order chi connectivity index (χ1) is 15.9. The third kappa shape index (κ3) is 4.23. The zero-order valence-electron chi connectivity index (χ0n) is 18.1. The van der Waals surface area contributed by atoms with E-state index in [1.165, 1.54) is 12.0 Å². The van der Waals surface area contributed by atoms with Crippen LogP contribution in [-0.2, 0) is 13.0 Å². The van der Waals surface area contributed by atoms with E-state index in [1.54, 1.807) is 41.7 Å². The third-order valence-corrected chi connectivity index (χ3v) is 7.45. The maximum atomic E-state index is 13.0. The number of thiophene rings is 1. The summed E-state index contributed by atoms with van der Waals surface area (Å²) in [7, 11) is 3.61. The van der Waals surface area contributed by atoms with E-state index in [-0.39, 0.29) is 5.91 Å². The van der Waals surface area contributed by atoms with Crippen LogP contribution in [0.5, 0.6) is 11.5 Å². The van der Waals surface area contributed by atoms with Gasteiger partial charge in [0.1, 0.15) is 11.2 Å². The van der Waals surface area contributed by atoms with Crippen LogP contribution in [-0.4, -0.2) is 37.5 Å². The van der Waals surface area contributed by atoms with Crippen molar-refractivity contribution in [3.05, 3.63) is 74.1 Å². The van der Waals surface area contributed by atoms with Gasteiger partial charge in [-0.3, -0.25) is 4.79 Å². The third-order valence-electron chi connectivity index (χ3n) is 5.81. The highest BCUT2D eigenvalue weighted by molar-refractivity contribution is 9.10. The summed E-state index contributed by atoms with van der Waals surface area (Å²) in [6.45, 7) is 1.81. The van der Waals surface area contributed by atoms with E-state index in [0.29, 0.717) is 17.1 Å². The predicted molar refractivity (Wildman–Crippen MR) is 130 cm³/mol. The molecule has 9 heteroatoms. The summed E-state index contributed by atoms with van der Waals surface area (Å²) in [5, 5.41) is 7.41. The molecule has 1 atom stereocenters. The molecule has 3 heterocycles. The fourth-order valence-electron chi connectivity index (χ4n) is 4.13. The van der Waals surface area contributed by atoms with Gasteiger partial charge in [0.25, 0.3) is 5.91 Å². The van der Waals surface area contributed by atoms with Gasteiger partial charge in [-0.05, 0) is 54.9 Å². The summed E-state index contributed by atoms with van der Waals surface area (Å²) in [5.74, 6) is 0.165. The van der Waals surface area contributed by atoms with E-state index in [2.05, 4.69) is 38.5 Å². The lowest BCUT2D eigenvalue weighted by atomic mass is 10.0. The van der Waals surface area contributed by atoms with E-state index in [9.17, 15) is 9.59 Å². The minimum Gasteiger partial charge on any atom is -0.493 e. The number of amides is 1. The van der Waals surface area contributed by atoms with Crippen LogP contribution >= 0.6 is 27.3 Å². The van der Waals surface area contributed by atoms with E-state index < -0.39 is 12.1 Å². The Labute approximate surface area is 203 Å². The molecule has 33 heavy (non-hydrogen) atoms. The normalized spacial score (nSPS) is 17.4. The molecule has 0 saturated carbocycles. The molecule has 1 amide bonds. The number of hydrogen-bond donors (Lipinski definition) is 2. The molecule has 2 N–H and O–H groups in total. The summed E-state index contributed by atoms with van der Waals surface area (Å²) >= 11 is 5.01. The zero-order valence-corrected chi connectivity index (χ0v) is 20.5. The quantitative estimate of drug-likeness (QED) is 0.381. The number of fused-ring (bicyclic) bond motifs is 3. The van der Waals surface area contributed by atoms with Crippen LogP contribution in [0.3, 0.4) is 0 Å². The number of halogens is 1. The molecule has 170 valence electrons. The van der Waals surface area contributed by atoms with Crippen molar-refractivity contribution in [3.8, 4) is 11.5 Å². The minimum atomic E-state index is -0.481. The number of anilines is 1. The molecule has 2 aliphatic rings. The largest absolute Gasteiger partial charge is 0.493 e.